The summed E-state index contributed by atoms with van der Waals surface area (Å²) in [5.41, 5.74) is 6.46. The van der Waals surface area contributed by atoms with Crippen molar-refractivity contribution in [2.75, 3.05) is 6.66 Å². The summed E-state index contributed by atoms with van der Waals surface area (Å²) < 4.78 is 0. The van der Waals surface area contributed by atoms with Gasteiger partial charge in [-0.1, -0.05) is 99.0 Å². The van der Waals surface area contributed by atoms with Crippen LogP contribution in [0, 0.1) is 6.92 Å². The molecule has 0 aliphatic rings. The Morgan fingerprint density at radius 2 is 1.75 bits per heavy atom. The molecule has 0 fully saturated rings. The van der Waals surface area contributed by atoms with Gasteiger partial charge in [0.25, 0.3) is 0 Å². The van der Waals surface area contributed by atoms with Crippen LogP contribution in [0.3, 0.4) is 0 Å². The lowest BCUT2D eigenvalue weighted by atomic mass is 9.91. The van der Waals surface area contributed by atoms with Crippen LogP contribution in [0.1, 0.15) is 42.5 Å². The highest BCUT2D eigenvalue weighted by molar-refractivity contribution is 7.74. The molecule has 0 heterocycles. The zero-order chi connectivity index (χ0) is 20.5. The molecule has 0 nitrogen and oxygen atoms in total. The Labute approximate surface area is 172 Å². The molecule has 0 saturated heterocycles. The van der Waals surface area contributed by atoms with Gasteiger partial charge in [0, 0.05) is 0 Å². The van der Waals surface area contributed by atoms with Crippen molar-refractivity contribution in [3.05, 3.63) is 108 Å². The van der Waals surface area contributed by atoms with Crippen molar-refractivity contribution in [2.24, 2.45) is 0 Å². The van der Waals surface area contributed by atoms with E-state index in [1.54, 1.807) is 0 Å². The molecule has 2 rings (SSSR count). The van der Waals surface area contributed by atoms with Crippen molar-refractivity contribution in [1.29, 1.82) is 0 Å². The van der Waals surface area contributed by atoms with Gasteiger partial charge in [-0.25, -0.2) is 0 Å². The van der Waals surface area contributed by atoms with Crippen LogP contribution in [-0.4, -0.2) is 6.66 Å². The van der Waals surface area contributed by atoms with Crippen LogP contribution < -0.4 is 5.30 Å². The smallest absolute Gasteiger partial charge is 0.0123 e. The first-order chi connectivity index (χ1) is 13.5. The van der Waals surface area contributed by atoms with Crippen molar-refractivity contribution in [1.82, 2.24) is 0 Å². The molecule has 1 unspecified atom stereocenters. The van der Waals surface area contributed by atoms with Crippen LogP contribution in [0.15, 0.2) is 86.0 Å². The second-order valence-corrected chi connectivity index (χ2v) is 8.89. The van der Waals surface area contributed by atoms with Gasteiger partial charge in [-0.15, -0.1) is 0 Å². The topological polar surface area (TPSA) is 0 Å². The van der Waals surface area contributed by atoms with Gasteiger partial charge in [-0.3, -0.25) is 0 Å². The molecule has 0 bridgehead atoms. The van der Waals surface area contributed by atoms with Crippen LogP contribution in [-0.2, 0) is 0 Å². The number of hydrogen-bond acceptors (Lipinski definition) is 0. The van der Waals surface area contributed by atoms with Gasteiger partial charge in [0.05, 0.1) is 0 Å². The summed E-state index contributed by atoms with van der Waals surface area (Å²) in [5, 5.41) is 2.75. The van der Waals surface area contributed by atoms with Crippen molar-refractivity contribution < 1.29 is 0 Å². The van der Waals surface area contributed by atoms with Crippen LogP contribution in [0.4, 0.5) is 0 Å². The average molecular weight is 387 g/mol. The van der Waals surface area contributed by atoms with E-state index in [1.165, 1.54) is 38.4 Å². The SMILES string of the molecule is C=C/C=C/C=C(\c1ccc(C=C)c(/C(C)=C\CC)c1C)P(C)c1ccccc1. The summed E-state index contributed by atoms with van der Waals surface area (Å²) in [6.45, 7) is 16.8. The molecule has 0 radical (unpaired) electrons. The van der Waals surface area contributed by atoms with Crippen LogP contribution in [0.2, 0.25) is 0 Å². The molecule has 0 aliphatic heterocycles. The molecule has 0 saturated carbocycles. The molecule has 1 atom stereocenters. The largest absolute Gasteiger partial charge is 0.0991 e. The van der Waals surface area contributed by atoms with Gasteiger partial charge in [0.15, 0.2) is 0 Å². The van der Waals surface area contributed by atoms with Gasteiger partial charge in [0.2, 0.25) is 0 Å². The summed E-state index contributed by atoms with van der Waals surface area (Å²) in [6, 6.07) is 15.2. The van der Waals surface area contributed by atoms with E-state index >= 15 is 0 Å². The molecule has 0 aromatic heterocycles. The minimum atomic E-state index is -0.471. The first kappa shape index (κ1) is 21.9. The maximum absolute atomic E-state index is 4.03. The molecule has 0 amide bonds. The number of hydrogen-bond donors (Lipinski definition) is 0. The van der Waals surface area contributed by atoms with Gasteiger partial charge >= 0.3 is 0 Å². The molecule has 28 heavy (non-hydrogen) atoms. The summed E-state index contributed by atoms with van der Waals surface area (Å²) in [4.78, 5) is 0. The molecule has 0 aliphatic carbocycles. The normalized spacial score (nSPS) is 13.6. The minimum Gasteiger partial charge on any atom is -0.0991 e. The third kappa shape index (κ3) is 5.09. The molecule has 2 aromatic rings. The van der Waals surface area contributed by atoms with Crippen molar-refractivity contribution in [3.8, 4) is 0 Å². The predicted octanol–water partition coefficient (Wildman–Crippen LogP) is 7.97. The summed E-state index contributed by atoms with van der Waals surface area (Å²) in [7, 11) is -0.471. The third-order valence-corrected chi connectivity index (χ3v) is 7.09. The maximum atomic E-state index is 4.03. The standard InChI is InChI=1S/C27H31P/c1-7-10-12-18-26(28(6)24-16-13-11-14-17-24)25-20-19-23(9-3)27(22(25)5)21(4)15-8-2/h7,9-20H,1,3,8H2,2,4-6H3/b12-10+,21-15-,26-18+. The maximum Gasteiger partial charge on any atom is -0.0123 e. The quantitative estimate of drug-likeness (QED) is 0.319. The molecular formula is C27H31P. The van der Waals surface area contributed by atoms with E-state index < -0.39 is 7.92 Å². The first-order valence-electron chi connectivity index (χ1n) is 9.76. The zero-order valence-corrected chi connectivity index (χ0v) is 18.5. The van der Waals surface area contributed by atoms with E-state index in [9.17, 15) is 0 Å². The third-order valence-electron chi connectivity index (χ3n) is 4.90. The van der Waals surface area contributed by atoms with E-state index in [0.29, 0.717) is 0 Å². The Morgan fingerprint density at radius 1 is 1.04 bits per heavy atom. The van der Waals surface area contributed by atoms with Crippen molar-refractivity contribution in [3.63, 3.8) is 0 Å². The zero-order valence-electron chi connectivity index (χ0n) is 17.6. The van der Waals surface area contributed by atoms with E-state index in [-0.39, 0.29) is 0 Å². The van der Waals surface area contributed by atoms with E-state index in [1.807, 2.05) is 18.2 Å². The van der Waals surface area contributed by atoms with Crippen LogP contribution >= 0.6 is 7.92 Å². The summed E-state index contributed by atoms with van der Waals surface area (Å²) in [5.74, 6) is 0. The molecular weight excluding hydrogens is 355 g/mol. The van der Waals surface area contributed by atoms with Crippen molar-refractivity contribution in [2.45, 2.75) is 27.2 Å². The fraction of sp³-hybridized carbons (Fsp3) is 0.185. The van der Waals surface area contributed by atoms with E-state index in [2.05, 4.69) is 101 Å². The van der Waals surface area contributed by atoms with Crippen LogP contribution in [0.5, 0.6) is 0 Å². The highest BCUT2D eigenvalue weighted by Crippen LogP contribution is 2.48. The Kier molecular flexibility index (Phi) is 8.42. The van der Waals surface area contributed by atoms with Gasteiger partial charge in [0.1, 0.15) is 0 Å². The molecule has 2 aromatic carbocycles. The van der Waals surface area contributed by atoms with Crippen LogP contribution in [0.25, 0.3) is 17.0 Å². The Hall–Kier alpha value is -2.43. The Morgan fingerprint density at radius 3 is 2.36 bits per heavy atom. The van der Waals surface area contributed by atoms with Gasteiger partial charge in [-0.05, 0) is 73.3 Å². The fourth-order valence-electron chi connectivity index (χ4n) is 3.51. The highest BCUT2D eigenvalue weighted by atomic mass is 31.1. The number of allylic oxidation sites excluding steroid dienone is 6. The number of rotatable bonds is 8. The first-order valence-corrected chi connectivity index (χ1v) is 11.6. The van der Waals surface area contributed by atoms with E-state index in [4.69, 9.17) is 0 Å². The number of benzene rings is 2. The van der Waals surface area contributed by atoms with Gasteiger partial charge < -0.3 is 0 Å². The van der Waals surface area contributed by atoms with E-state index in [0.717, 1.165) is 6.42 Å². The Balaban J connectivity index is 2.70. The monoisotopic (exact) mass is 386 g/mol. The highest BCUT2D eigenvalue weighted by Gasteiger charge is 2.17. The molecule has 0 N–H and O–H groups in total. The molecule has 0 spiro atoms. The summed E-state index contributed by atoms with van der Waals surface area (Å²) >= 11 is 0. The second kappa shape index (κ2) is 10.8. The Bertz CT molecular complexity index is 911. The lowest BCUT2D eigenvalue weighted by Gasteiger charge is -2.22. The molecule has 144 valence electrons. The fourth-order valence-corrected chi connectivity index (χ4v) is 5.32. The van der Waals surface area contributed by atoms with Gasteiger partial charge in [-0.2, -0.15) is 0 Å². The minimum absolute atomic E-state index is 0.471. The second-order valence-electron chi connectivity index (χ2n) is 6.77. The van der Waals surface area contributed by atoms with Crippen molar-refractivity contribution >= 4 is 30.2 Å². The molecule has 1 heteroatoms. The predicted molar refractivity (Wildman–Crippen MR) is 131 cm³/mol. The summed E-state index contributed by atoms with van der Waals surface area (Å²) in [6.07, 6.45) is 13.4. The lowest BCUT2D eigenvalue weighted by molar-refractivity contribution is 1.22. The lowest BCUT2D eigenvalue weighted by Crippen LogP contribution is -2.03. The average Bonchev–Trinajstić information content (AvgIpc) is 2.71.